The van der Waals surface area contributed by atoms with Gasteiger partial charge in [0.15, 0.2) is 0 Å². The Kier molecular flexibility index (Phi) is 3.33. The van der Waals surface area contributed by atoms with E-state index in [1.807, 2.05) is 0 Å². The Labute approximate surface area is 51.5 Å². The zero-order valence-corrected chi connectivity index (χ0v) is 4.68. The highest BCUT2D eigenvalue weighted by atomic mass is 16.2. The molecule has 0 aromatic heterocycles. The fourth-order valence-corrected chi connectivity index (χ4v) is 0.248. The lowest BCUT2D eigenvalue weighted by Crippen LogP contribution is -2.37. The van der Waals surface area contributed by atoms with Gasteiger partial charge in [-0.15, -0.1) is 0 Å². The summed E-state index contributed by atoms with van der Waals surface area (Å²) >= 11 is 0. The lowest BCUT2D eigenvalue weighted by atomic mass is 10.4. The first-order valence-corrected chi connectivity index (χ1v) is 2.19. The molecule has 0 unspecified atom stereocenters. The van der Waals surface area contributed by atoms with Crippen LogP contribution in [0.4, 0.5) is 0 Å². The molecule has 0 aromatic rings. The number of nitrogens with two attached hydrogens (primary N) is 2. The molecule has 0 bridgehead atoms. The van der Waals surface area contributed by atoms with Gasteiger partial charge in [-0.1, -0.05) is 0 Å². The number of carbonyl (C=O) groups is 2. The summed E-state index contributed by atoms with van der Waals surface area (Å²) in [6.45, 7) is 0. The van der Waals surface area contributed by atoms with Crippen molar-refractivity contribution < 1.29 is 9.59 Å². The Morgan fingerprint density at radius 2 is 1.44 bits per heavy atom. The molecule has 6 N–H and O–H groups in total. The molecule has 0 aromatic carbocycles. The molecule has 0 spiro atoms. The van der Waals surface area contributed by atoms with Gasteiger partial charge in [0.25, 0.3) is 0 Å². The van der Waals surface area contributed by atoms with Crippen LogP contribution in [0.25, 0.3) is 0 Å². The van der Waals surface area contributed by atoms with Crippen LogP contribution in [0.15, 0.2) is 0 Å². The first kappa shape index (κ1) is 7.86. The molecule has 2 amide bonds. The maximum absolute atomic E-state index is 10.2. The van der Waals surface area contributed by atoms with Crippen LogP contribution in [0, 0.1) is 0 Å². The first-order chi connectivity index (χ1) is 4.20. The van der Waals surface area contributed by atoms with Crippen molar-refractivity contribution in [2.45, 2.75) is 6.42 Å². The average molecular weight is 132 g/mol. The SMILES string of the molecule is NNC(=O)CC(=O)NN. The molecule has 0 fully saturated rings. The largest absolute Gasteiger partial charge is 0.294 e. The van der Waals surface area contributed by atoms with Crippen LogP contribution in [-0.4, -0.2) is 11.8 Å². The summed E-state index contributed by atoms with van der Waals surface area (Å²) in [5.74, 6) is 8.17. The van der Waals surface area contributed by atoms with Crippen molar-refractivity contribution in [2.75, 3.05) is 0 Å². The van der Waals surface area contributed by atoms with E-state index in [2.05, 4.69) is 11.7 Å². The number of carbonyl (C=O) groups excluding carboxylic acids is 2. The molecule has 52 valence electrons. The highest BCUT2D eigenvalue weighted by molar-refractivity contribution is 5.96. The molecule has 6 heteroatoms. The first-order valence-electron chi connectivity index (χ1n) is 2.19. The van der Waals surface area contributed by atoms with Gasteiger partial charge in [0, 0.05) is 0 Å². The van der Waals surface area contributed by atoms with E-state index in [0.717, 1.165) is 0 Å². The summed E-state index contributed by atoms with van der Waals surface area (Å²) in [6, 6.07) is 0. The Morgan fingerprint density at radius 1 is 1.11 bits per heavy atom. The van der Waals surface area contributed by atoms with E-state index in [1.54, 1.807) is 10.9 Å². The molecule has 6 nitrogen and oxygen atoms in total. The number of hydrogen-bond acceptors (Lipinski definition) is 4. The normalized spacial score (nSPS) is 8.22. The van der Waals surface area contributed by atoms with Gasteiger partial charge in [0.2, 0.25) is 11.8 Å². The average Bonchev–Trinajstić information content (AvgIpc) is 1.87. The molecule has 0 aliphatic rings. The topological polar surface area (TPSA) is 110 Å². The van der Waals surface area contributed by atoms with Gasteiger partial charge in [0.05, 0.1) is 0 Å². The second-order valence-electron chi connectivity index (χ2n) is 1.31. The van der Waals surface area contributed by atoms with Crippen LogP contribution >= 0.6 is 0 Å². The van der Waals surface area contributed by atoms with Gasteiger partial charge in [-0.2, -0.15) is 0 Å². The van der Waals surface area contributed by atoms with Crippen LogP contribution in [0.2, 0.25) is 0 Å². The molecule has 0 atom stereocenters. The van der Waals surface area contributed by atoms with E-state index in [1.165, 1.54) is 0 Å². The summed E-state index contributed by atoms with van der Waals surface area (Å²) in [7, 11) is 0. The Morgan fingerprint density at radius 3 is 1.67 bits per heavy atom. The third-order valence-corrected chi connectivity index (χ3v) is 0.643. The minimum Gasteiger partial charge on any atom is -0.294 e. The van der Waals surface area contributed by atoms with Crippen molar-refractivity contribution in [3.8, 4) is 0 Å². The van der Waals surface area contributed by atoms with Gasteiger partial charge < -0.3 is 0 Å². The van der Waals surface area contributed by atoms with Gasteiger partial charge in [-0.25, -0.2) is 11.7 Å². The highest BCUT2D eigenvalue weighted by Gasteiger charge is 2.03. The minimum atomic E-state index is -0.571. The van der Waals surface area contributed by atoms with Crippen molar-refractivity contribution in [2.24, 2.45) is 11.7 Å². The number of nitrogens with one attached hydrogen (secondary N) is 2. The van der Waals surface area contributed by atoms with Crippen LogP contribution in [-0.2, 0) is 9.59 Å². The van der Waals surface area contributed by atoms with Crippen LogP contribution in [0.1, 0.15) is 6.42 Å². The molecule has 0 heterocycles. The molecule has 9 heavy (non-hydrogen) atoms. The quantitative estimate of drug-likeness (QED) is 0.142. The zero-order chi connectivity index (χ0) is 7.28. The standard InChI is InChI=1S/C3H8N4O2/c4-6-2(8)1-3(9)7-5/h1,4-5H2,(H,6,8)(H,7,9). The fraction of sp³-hybridized carbons (Fsp3) is 0.333. The third kappa shape index (κ3) is 3.44. The van der Waals surface area contributed by atoms with E-state index in [-0.39, 0.29) is 6.42 Å². The van der Waals surface area contributed by atoms with Gasteiger partial charge >= 0.3 is 0 Å². The lowest BCUT2D eigenvalue weighted by molar-refractivity contribution is -0.129. The van der Waals surface area contributed by atoms with Crippen molar-refractivity contribution in [1.29, 1.82) is 0 Å². The van der Waals surface area contributed by atoms with Crippen molar-refractivity contribution in [3.63, 3.8) is 0 Å². The second kappa shape index (κ2) is 3.81. The van der Waals surface area contributed by atoms with E-state index in [9.17, 15) is 9.59 Å². The molecular weight excluding hydrogens is 124 g/mol. The van der Waals surface area contributed by atoms with Gasteiger partial charge in [-0.3, -0.25) is 20.4 Å². The summed E-state index contributed by atoms with van der Waals surface area (Å²) in [5, 5.41) is 0. The smallest absolute Gasteiger partial charge is 0.243 e. The predicted molar refractivity (Wildman–Crippen MR) is 29.3 cm³/mol. The summed E-state index contributed by atoms with van der Waals surface area (Å²) in [4.78, 5) is 20.5. The molecule has 0 saturated heterocycles. The third-order valence-electron chi connectivity index (χ3n) is 0.643. The van der Waals surface area contributed by atoms with E-state index < -0.39 is 11.8 Å². The molecular formula is C3H8N4O2. The summed E-state index contributed by atoms with van der Waals surface area (Å²) < 4.78 is 0. The number of hydrogen-bond donors (Lipinski definition) is 4. The van der Waals surface area contributed by atoms with Gasteiger partial charge in [0.1, 0.15) is 6.42 Å². The minimum absolute atomic E-state index is 0.340. The monoisotopic (exact) mass is 132 g/mol. The second-order valence-corrected chi connectivity index (χ2v) is 1.31. The van der Waals surface area contributed by atoms with Crippen LogP contribution in [0.5, 0.6) is 0 Å². The van der Waals surface area contributed by atoms with Crippen molar-refractivity contribution >= 4 is 11.8 Å². The van der Waals surface area contributed by atoms with E-state index in [4.69, 9.17) is 0 Å². The maximum Gasteiger partial charge on any atom is 0.243 e. The Balaban J connectivity index is 3.47. The molecule has 0 aliphatic heterocycles. The maximum atomic E-state index is 10.2. The molecule has 0 radical (unpaired) electrons. The molecule has 0 aliphatic carbocycles. The number of hydrazine groups is 2. The summed E-state index contributed by atoms with van der Waals surface area (Å²) in [6.07, 6.45) is -0.340. The predicted octanol–water partition coefficient (Wildman–Crippen LogP) is -2.64. The fourth-order valence-electron chi connectivity index (χ4n) is 0.248. The van der Waals surface area contributed by atoms with E-state index >= 15 is 0 Å². The molecule has 0 saturated carbocycles. The zero-order valence-electron chi connectivity index (χ0n) is 4.68. The van der Waals surface area contributed by atoms with E-state index in [0.29, 0.717) is 0 Å². The van der Waals surface area contributed by atoms with Crippen molar-refractivity contribution in [1.82, 2.24) is 10.9 Å². The van der Waals surface area contributed by atoms with Crippen molar-refractivity contribution in [3.05, 3.63) is 0 Å². The van der Waals surface area contributed by atoms with Crippen LogP contribution in [0.3, 0.4) is 0 Å². The number of amides is 2. The summed E-state index contributed by atoms with van der Waals surface area (Å²) in [5.41, 5.74) is 3.55. The Hall–Kier alpha value is -1.14. The Bertz CT molecular complexity index is 109. The van der Waals surface area contributed by atoms with Gasteiger partial charge in [-0.05, 0) is 0 Å². The van der Waals surface area contributed by atoms with Crippen LogP contribution < -0.4 is 22.5 Å². The highest BCUT2D eigenvalue weighted by Crippen LogP contribution is 1.73. The number of rotatable bonds is 2. The lowest BCUT2D eigenvalue weighted by Gasteiger charge is -1.95. The molecule has 0 rings (SSSR count).